The number of pyridine rings is 1. The van der Waals surface area contributed by atoms with Crippen molar-refractivity contribution in [2.75, 3.05) is 17.2 Å². The highest BCUT2D eigenvalue weighted by Gasteiger charge is 2.32. The zero-order valence-corrected chi connectivity index (χ0v) is 12.6. The SMILES string of the molecule is CCCCN(c1snc(N)c1-c1ccncc1)C1CC1. The number of nitrogen functional groups attached to an aromatic ring is 1. The van der Waals surface area contributed by atoms with Crippen molar-refractivity contribution >= 4 is 22.4 Å². The third-order valence-electron chi connectivity index (χ3n) is 3.67. The van der Waals surface area contributed by atoms with Gasteiger partial charge in [0, 0.05) is 25.0 Å². The molecule has 0 aromatic carbocycles. The van der Waals surface area contributed by atoms with Crippen LogP contribution >= 0.6 is 11.5 Å². The lowest BCUT2D eigenvalue weighted by molar-refractivity contribution is 0.718. The van der Waals surface area contributed by atoms with Crippen molar-refractivity contribution in [3.05, 3.63) is 24.5 Å². The Bertz CT molecular complexity index is 563. The molecule has 20 heavy (non-hydrogen) atoms. The Kier molecular flexibility index (Phi) is 3.87. The molecule has 0 aliphatic heterocycles. The second-order valence-corrected chi connectivity index (χ2v) is 6.01. The average molecular weight is 288 g/mol. The zero-order valence-electron chi connectivity index (χ0n) is 11.7. The van der Waals surface area contributed by atoms with E-state index in [1.165, 1.54) is 42.2 Å². The fourth-order valence-corrected chi connectivity index (χ4v) is 3.38. The van der Waals surface area contributed by atoms with E-state index in [0.717, 1.165) is 17.7 Å². The fourth-order valence-electron chi connectivity index (χ4n) is 2.44. The number of unbranched alkanes of at least 4 members (excludes halogenated alkanes) is 1. The molecule has 2 aromatic rings. The molecule has 4 nitrogen and oxygen atoms in total. The third kappa shape index (κ3) is 2.63. The van der Waals surface area contributed by atoms with Crippen LogP contribution in [0.1, 0.15) is 32.6 Å². The molecule has 0 saturated heterocycles. The number of aromatic nitrogens is 2. The fraction of sp³-hybridized carbons (Fsp3) is 0.467. The molecule has 2 heterocycles. The van der Waals surface area contributed by atoms with Crippen molar-refractivity contribution in [1.29, 1.82) is 0 Å². The second-order valence-electron chi connectivity index (χ2n) is 5.26. The van der Waals surface area contributed by atoms with Crippen molar-refractivity contribution in [2.45, 2.75) is 38.6 Å². The van der Waals surface area contributed by atoms with Gasteiger partial charge in [-0.2, -0.15) is 4.37 Å². The van der Waals surface area contributed by atoms with E-state index < -0.39 is 0 Å². The number of nitrogens with zero attached hydrogens (tertiary/aromatic N) is 3. The van der Waals surface area contributed by atoms with E-state index >= 15 is 0 Å². The standard InChI is InChI=1S/C15H20N4S/c1-2-3-10-19(12-4-5-12)15-13(14(16)18-20-15)11-6-8-17-9-7-11/h6-9,12H,2-5,10H2,1H3,(H2,16,18). The normalized spacial score (nSPS) is 14.4. The van der Waals surface area contributed by atoms with Crippen molar-refractivity contribution in [1.82, 2.24) is 9.36 Å². The topological polar surface area (TPSA) is 55.0 Å². The van der Waals surface area contributed by atoms with Gasteiger partial charge >= 0.3 is 0 Å². The van der Waals surface area contributed by atoms with E-state index in [0.29, 0.717) is 11.9 Å². The van der Waals surface area contributed by atoms with Gasteiger partial charge in [0.25, 0.3) is 0 Å². The summed E-state index contributed by atoms with van der Waals surface area (Å²) >= 11 is 1.53. The molecule has 2 aromatic heterocycles. The van der Waals surface area contributed by atoms with E-state index in [1.54, 1.807) is 0 Å². The predicted octanol–water partition coefficient (Wildman–Crippen LogP) is 3.56. The van der Waals surface area contributed by atoms with Crippen LogP contribution in [0.25, 0.3) is 11.1 Å². The van der Waals surface area contributed by atoms with Gasteiger partial charge in [-0.05, 0) is 48.5 Å². The minimum Gasteiger partial charge on any atom is -0.382 e. The van der Waals surface area contributed by atoms with Crippen LogP contribution in [0.4, 0.5) is 10.8 Å². The van der Waals surface area contributed by atoms with Crippen molar-refractivity contribution in [3.63, 3.8) is 0 Å². The first-order valence-electron chi connectivity index (χ1n) is 7.23. The highest BCUT2D eigenvalue weighted by molar-refractivity contribution is 7.11. The largest absolute Gasteiger partial charge is 0.382 e. The molecular formula is C15H20N4S. The maximum Gasteiger partial charge on any atom is 0.147 e. The molecule has 0 radical (unpaired) electrons. The van der Waals surface area contributed by atoms with Gasteiger partial charge in [-0.25, -0.2) is 0 Å². The van der Waals surface area contributed by atoms with Gasteiger partial charge in [0.05, 0.1) is 5.56 Å². The Labute approximate surface area is 123 Å². The molecule has 0 spiro atoms. The zero-order chi connectivity index (χ0) is 13.9. The lowest BCUT2D eigenvalue weighted by atomic mass is 10.1. The molecule has 2 N–H and O–H groups in total. The first-order chi connectivity index (χ1) is 9.81. The smallest absolute Gasteiger partial charge is 0.147 e. The molecule has 0 unspecified atom stereocenters. The molecule has 1 fully saturated rings. The summed E-state index contributed by atoms with van der Waals surface area (Å²) < 4.78 is 4.39. The van der Waals surface area contributed by atoms with E-state index in [4.69, 9.17) is 5.73 Å². The van der Waals surface area contributed by atoms with Crippen LogP contribution < -0.4 is 10.6 Å². The van der Waals surface area contributed by atoms with Gasteiger partial charge in [-0.15, -0.1) is 0 Å². The summed E-state index contributed by atoms with van der Waals surface area (Å²) in [6.45, 7) is 3.33. The Morgan fingerprint density at radius 1 is 1.35 bits per heavy atom. The Morgan fingerprint density at radius 2 is 2.10 bits per heavy atom. The van der Waals surface area contributed by atoms with E-state index in [9.17, 15) is 0 Å². The van der Waals surface area contributed by atoms with Gasteiger partial charge in [0.15, 0.2) is 0 Å². The van der Waals surface area contributed by atoms with Gasteiger partial charge < -0.3 is 10.6 Å². The summed E-state index contributed by atoms with van der Waals surface area (Å²) in [5.41, 5.74) is 8.31. The summed E-state index contributed by atoms with van der Waals surface area (Å²) in [5.74, 6) is 0.637. The third-order valence-corrected chi connectivity index (χ3v) is 4.57. The summed E-state index contributed by atoms with van der Waals surface area (Å²) in [7, 11) is 0. The van der Waals surface area contributed by atoms with Gasteiger partial charge in [-0.1, -0.05) is 13.3 Å². The lowest BCUT2D eigenvalue weighted by Crippen LogP contribution is -2.26. The van der Waals surface area contributed by atoms with Crippen LogP contribution in [0.3, 0.4) is 0 Å². The maximum absolute atomic E-state index is 6.11. The van der Waals surface area contributed by atoms with Crippen LogP contribution in [-0.4, -0.2) is 21.9 Å². The van der Waals surface area contributed by atoms with E-state index in [1.807, 2.05) is 24.5 Å². The Morgan fingerprint density at radius 3 is 2.75 bits per heavy atom. The molecule has 1 aliphatic rings. The van der Waals surface area contributed by atoms with Crippen molar-refractivity contribution in [3.8, 4) is 11.1 Å². The lowest BCUT2D eigenvalue weighted by Gasteiger charge is -2.23. The predicted molar refractivity (Wildman–Crippen MR) is 85.0 cm³/mol. The quantitative estimate of drug-likeness (QED) is 0.883. The molecule has 5 heteroatoms. The minimum atomic E-state index is 0.637. The summed E-state index contributed by atoms with van der Waals surface area (Å²) in [5, 5.41) is 1.23. The molecule has 1 aliphatic carbocycles. The van der Waals surface area contributed by atoms with Crippen LogP contribution in [0.5, 0.6) is 0 Å². The number of hydrogen-bond acceptors (Lipinski definition) is 5. The highest BCUT2D eigenvalue weighted by atomic mass is 32.1. The molecular weight excluding hydrogens is 268 g/mol. The summed E-state index contributed by atoms with van der Waals surface area (Å²) in [6.07, 6.45) is 8.62. The molecule has 0 amide bonds. The second kappa shape index (κ2) is 5.79. The van der Waals surface area contributed by atoms with Gasteiger partial charge in [0.2, 0.25) is 0 Å². The van der Waals surface area contributed by atoms with Crippen molar-refractivity contribution in [2.24, 2.45) is 0 Å². The van der Waals surface area contributed by atoms with Crippen LogP contribution in [0.2, 0.25) is 0 Å². The first kappa shape index (κ1) is 13.4. The van der Waals surface area contributed by atoms with Crippen LogP contribution in [-0.2, 0) is 0 Å². The Hall–Kier alpha value is -1.62. The molecule has 3 rings (SSSR count). The van der Waals surface area contributed by atoms with Crippen molar-refractivity contribution < 1.29 is 0 Å². The van der Waals surface area contributed by atoms with E-state index in [-0.39, 0.29) is 0 Å². The van der Waals surface area contributed by atoms with Gasteiger partial charge in [0.1, 0.15) is 10.8 Å². The first-order valence-corrected chi connectivity index (χ1v) is 8.00. The number of anilines is 2. The number of hydrogen-bond donors (Lipinski definition) is 1. The number of nitrogens with two attached hydrogens (primary N) is 1. The summed E-state index contributed by atoms with van der Waals surface area (Å²) in [6, 6.07) is 4.70. The molecule has 0 atom stereocenters. The molecule has 1 saturated carbocycles. The van der Waals surface area contributed by atoms with E-state index in [2.05, 4.69) is 21.2 Å². The molecule has 106 valence electrons. The highest BCUT2D eigenvalue weighted by Crippen LogP contribution is 2.43. The van der Waals surface area contributed by atoms with Crippen LogP contribution in [0.15, 0.2) is 24.5 Å². The van der Waals surface area contributed by atoms with Crippen LogP contribution in [0, 0.1) is 0 Å². The maximum atomic E-state index is 6.11. The summed E-state index contributed by atoms with van der Waals surface area (Å²) in [4.78, 5) is 6.59. The minimum absolute atomic E-state index is 0.637. The number of rotatable bonds is 6. The van der Waals surface area contributed by atoms with Gasteiger partial charge in [-0.3, -0.25) is 4.98 Å². The monoisotopic (exact) mass is 288 g/mol. The Balaban J connectivity index is 1.96. The average Bonchev–Trinajstić information content (AvgIpc) is 3.24. The molecule has 0 bridgehead atoms.